The van der Waals surface area contributed by atoms with Crippen molar-refractivity contribution in [3.05, 3.63) is 93.7 Å². The molecule has 156 valence electrons. The van der Waals surface area contributed by atoms with Gasteiger partial charge in [0.1, 0.15) is 5.75 Å². The van der Waals surface area contributed by atoms with Crippen LogP contribution in [0.15, 0.2) is 65.7 Å². The monoisotopic (exact) mass is 403 g/mol. The average molecular weight is 404 g/mol. The average Bonchev–Trinajstić information content (AvgIpc) is 2.76. The third-order valence-corrected chi connectivity index (χ3v) is 6.16. The Hall–Kier alpha value is -2.92. The molecule has 5 nitrogen and oxygen atoms in total. The first kappa shape index (κ1) is 20.4. The van der Waals surface area contributed by atoms with Gasteiger partial charge in [-0.2, -0.15) is 0 Å². The minimum atomic E-state index is -0.257. The fourth-order valence-corrected chi connectivity index (χ4v) is 4.38. The first-order valence-electron chi connectivity index (χ1n) is 10.7. The van der Waals surface area contributed by atoms with Gasteiger partial charge in [0.2, 0.25) is 0 Å². The van der Waals surface area contributed by atoms with Crippen LogP contribution in [0.2, 0.25) is 0 Å². The summed E-state index contributed by atoms with van der Waals surface area (Å²) in [4.78, 5) is 20.2. The van der Waals surface area contributed by atoms with E-state index in [-0.39, 0.29) is 17.4 Å². The van der Waals surface area contributed by atoms with Crippen LogP contribution < -0.4 is 5.56 Å². The van der Waals surface area contributed by atoms with Crippen LogP contribution in [0, 0.1) is 12.8 Å². The molecule has 0 spiro atoms. The highest BCUT2D eigenvalue weighted by atomic mass is 16.3. The zero-order chi connectivity index (χ0) is 21.1. The molecule has 1 fully saturated rings. The Bertz CT molecular complexity index is 1040. The fourth-order valence-electron chi connectivity index (χ4n) is 4.38. The van der Waals surface area contributed by atoms with E-state index in [1.165, 1.54) is 0 Å². The summed E-state index contributed by atoms with van der Waals surface area (Å²) in [6.45, 7) is 6.40. The maximum Gasteiger partial charge on any atom is 0.259 e. The van der Waals surface area contributed by atoms with Crippen molar-refractivity contribution in [3.63, 3.8) is 0 Å². The molecular formula is C25H29N3O2. The number of pyridine rings is 2. The van der Waals surface area contributed by atoms with E-state index in [1.807, 2.05) is 49.4 Å². The molecule has 1 unspecified atom stereocenters. The van der Waals surface area contributed by atoms with Gasteiger partial charge < -0.3 is 9.67 Å². The van der Waals surface area contributed by atoms with Gasteiger partial charge in [0, 0.05) is 18.1 Å². The molecule has 1 aromatic carbocycles. The highest BCUT2D eigenvalue weighted by Gasteiger charge is 2.31. The number of hydrogen-bond donors (Lipinski definition) is 1. The molecule has 1 atom stereocenters. The lowest BCUT2D eigenvalue weighted by Gasteiger charge is -2.37. The summed E-state index contributed by atoms with van der Waals surface area (Å²) in [5.74, 6) is 0.763. The Kier molecular flexibility index (Phi) is 6.00. The maximum absolute atomic E-state index is 13.7. The SMILES string of the molecule is Cc1cc(O)c(C(c2ccccc2)N2CCC(C)CC2)c(=O)n1Cc1cccnc1. The molecule has 1 saturated heterocycles. The van der Waals surface area contributed by atoms with Crippen molar-refractivity contribution >= 4 is 0 Å². The van der Waals surface area contributed by atoms with E-state index in [1.54, 1.807) is 23.0 Å². The third kappa shape index (κ3) is 4.17. The minimum absolute atomic E-state index is 0.0763. The molecule has 1 aliphatic rings. The van der Waals surface area contributed by atoms with Crippen molar-refractivity contribution < 1.29 is 5.11 Å². The zero-order valence-electron chi connectivity index (χ0n) is 17.7. The Morgan fingerprint density at radius 2 is 1.87 bits per heavy atom. The smallest absolute Gasteiger partial charge is 0.259 e. The number of benzene rings is 1. The van der Waals surface area contributed by atoms with Crippen molar-refractivity contribution in [1.29, 1.82) is 0 Å². The van der Waals surface area contributed by atoms with Gasteiger partial charge in [-0.15, -0.1) is 0 Å². The first-order valence-corrected chi connectivity index (χ1v) is 10.7. The van der Waals surface area contributed by atoms with E-state index in [4.69, 9.17) is 0 Å². The van der Waals surface area contributed by atoms with E-state index in [0.29, 0.717) is 18.0 Å². The molecule has 5 heteroatoms. The number of likely N-dealkylation sites (tertiary alicyclic amines) is 1. The van der Waals surface area contributed by atoms with E-state index in [0.717, 1.165) is 42.8 Å². The number of aromatic hydroxyl groups is 1. The maximum atomic E-state index is 13.7. The summed E-state index contributed by atoms with van der Waals surface area (Å²) < 4.78 is 1.74. The van der Waals surface area contributed by atoms with E-state index in [9.17, 15) is 9.90 Å². The van der Waals surface area contributed by atoms with Crippen LogP contribution in [0.3, 0.4) is 0 Å². The lowest BCUT2D eigenvalue weighted by Crippen LogP contribution is -2.40. The summed E-state index contributed by atoms with van der Waals surface area (Å²) in [5.41, 5.74) is 3.07. The summed E-state index contributed by atoms with van der Waals surface area (Å²) in [6.07, 6.45) is 5.70. The third-order valence-electron chi connectivity index (χ3n) is 6.16. The van der Waals surface area contributed by atoms with E-state index < -0.39 is 0 Å². The highest BCUT2D eigenvalue weighted by Crippen LogP contribution is 2.35. The number of rotatable bonds is 5. The molecule has 0 aliphatic carbocycles. The number of hydrogen-bond acceptors (Lipinski definition) is 4. The second-order valence-corrected chi connectivity index (χ2v) is 8.37. The lowest BCUT2D eigenvalue weighted by molar-refractivity contribution is 0.155. The molecule has 1 aliphatic heterocycles. The van der Waals surface area contributed by atoms with Gasteiger partial charge in [-0.3, -0.25) is 14.7 Å². The standard InChI is InChI=1S/C25H29N3O2/c1-18-10-13-27(14-11-18)24(21-8-4-3-5-9-21)23-22(29)15-19(2)28(25(23)30)17-20-7-6-12-26-16-20/h3-9,12,15-16,18,24,29H,10-11,13-14,17H2,1-2H3. The molecule has 2 aromatic heterocycles. The molecule has 3 heterocycles. The summed E-state index contributed by atoms with van der Waals surface area (Å²) in [5, 5.41) is 10.9. The summed E-state index contributed by atoms with van der Waals surface area (Å²) >= 11 is 0. The van der Waals surface area contributed by atoms with Gasteiger partial charge >= 0.3 is 0 Å². The largest absolute Gasteiger partial charge is 0.507 e. The van der Waals surface area contributed by atoms with Crippen LogP contribution in [0.1, 0.15) is 48.2 Å². The highest BCUT2D eigenvalue weighted by molar-refractivity contribution is 5.41. The number of aromatic nitrogens is 2. The molecule has 3 aromatic rings. The molecule has 0 bridgehead atoms. The molecule has 1 N–H and O–H groups in total. The molecule has 0 amide bonds. The molecule has 30 heavy (non-hydrogen) atoms. The van der Waals surface area contributed by atoms with Gasteiger partial charge in [-0.1, -0.05) is 43.3 Å². The van der Waals surface area contributed by atoms with Crippen LogP contribution in [0.4, 0.5) is 0 Å². The van der Waals surface area contributed by atoms with Gasteiger partial charge in [-0.05, 0) is 62.0 Å². The van der Waals surface area contributed by atoms with Crippen LogP contribution in [-0.2, 0) is 6.54 Å². The molecule has 4 rings (SSSR count). The zero-order valence-corrected chi connectivity index (χ0v) is 17.7. The second-order valence-electron chi connectivity index (χ2n) is 8.37. The van der Waals surface area contributed by atoms with Gasteiger partial charge in [0.15, 0.2) is 0 Å². The van der Waals surface area contributed by atoms with Crippen molar-refractivity contribution in [3.8, 4) is 5.75 Å². The summed E-state index contributed by atoms with van der Waals surface area (Å²) in [6, 6.07) is 15.4. The van der Waals surface area contributed by atoms with Gasteiger partial charge in [0.05, 0.1) is 18.2 Å². The van der Waals surface area contributed by atoms with Crippen LogP contribution in [-0.4, -0.2) is 32.6 Å². The normalized spacial score (nSPS) is 16.5. The van der Waals surface area contributed by atoms with Crippen LogP contribution in [0.25, 0.3) is 0 Å². The predicted octanol–water partition coefficient (Wildman–Crippen LogP) is 4.13. The Balaban J connectivity index is 1.82. The lowest BCUT2D eigenvalue weighted by atomic mass is 9.92. The number of aryl methyl sites for hydroxylation is 1. The Morgan fingerprint density at radius 1 is 1.13 bits per heavy atom. The van der Waals surface area contributed by atoms with Crippen LogP contribution >= 0.6 is 0 Å². The molecule has 0 saturated carbocycles. The predicted molar refractivity (Wildman–Crippen MR) is 119 cm³/mol. The van der Waals surface area contributed by atoms with Crippen molar-refractivity contribution in [1.82, 2.24) is 14.5 Å². The second kappa shape index (κ2) is 8.84. The Labute approximate surface area is 177 Å². The molecule has 0 radical (unpaired) electrons. The van der Waals surface area contributed by atoms with Gasteiger partial charge in [0.25, 0.3) is 5.56 Å². The molecular weight excluding hydrogens is 374 g/mol. The van der Waals surface area contributed by atoms with Gasteiger partial charge in [-0.25, -0.2) is 0 Å². The minimum Gasteiger partial charge on any atom is -0.507 e. The topological polar surface area (TPSA) is 58.4 Å². The van der Waals surface area contributed by atoms with Crippen molar-refractivity contribution in [2.24, 2.45) is 5.92 Å². The number of piperidine rings is 1. The van der Waals surface area contributed by atoms with E-state index in [2.05, 4.69) is 16.8 Å². The quantitative estimate of drug-likeness (QED) is 0.696. The first-order chi connectivity index (χ1) is 14.5. The van der Waals surface area contributed by atoms with E-state index >= 15 is 0 Å². The van der Waals surface area contributed by atoms with Crippen LogP contribution in [0.5, 0.6) is 5.75 Å². The Morgan fingerprint density at radius 3 is 2.53 bits per heavy atom. The van der Waals surface area contributed by atoms with Crippen molar-refractivity contribution in [2.45, 2.75) is 39.3 Å². The van der Waals surface area contributed by atoms with Crippen molar-refractivity contribution in [2.75, 3.05) is 13.1 Å². The fraction of sp³-hybridized carbons (Fsp3) is 0.360. The summed E-state index contributed by atoms with van der Waals surface area (Å²) in [7, 11) is 0. The number of nitrogens with zero attached hydrogens (tertiary/aromatic N) is 3.